The van der Waals surface area contributed by atoms with Gasteiger partial charge in [0.05, 0.1) is 29.3 Å². The van der Waals surface area contributed by atoms with E-state index in [4.69, 9.17) is 26.3 Å². The maximum absolute atomic E-state index is 8.90. The third-order valence-electron chi connectivity index (χ3n) is 3.47. The molecule has 0 unspecified atom stereocenters. The van der Waals surface area contributed by atoms with Crippen molar-refractivity contribution in [2.24, 2.45) is 0 Å². The van der Waals surface area contributed by atoms with E-state index in [-0.39, 0.29) is 12.1 Å². The lowest BCUT2D eigenvalue weighted by molar-refractivity contribution is 0.111. The molecule has 1 heterocycles. The van der Waals surface area contributed by atoms with Gasteiger partial charge >= 0.3 is 0 Å². The largest absolute Gasteiger partial charge is 0.383 e. The molecule has 0 bridgehead atoms. The molecular weight excluding hydrogens is 264 g/mol. The van der Waals surface area contributed by atoms with Crippen LogP contribution in [-0.2, 0) is 9.47 Å². The molecule has 102 valence electrons. The first-order valence-corrected chi connectivity index (χ1v) is 6.55. The second-order valence-corrected chi connectivity index (χ2v) is 5.04. The molecule has 1 aromatic carbocycles. The van der Waals surface area contributed by atoms with Crippen LogP contribution in [0.25, 0.3) is 0 Å². The molecular formula is C14H17ClN2O2. The van der Waals surface area contributed by atoms with Crippen LogP contribution in [0.1, 0.15) is 12.0 Å². The summed E-state index contributed by atoms with van der Waals surface area (Å²) in [6.07, 6.45) is 1.14. The highest BCUT2D eigenvalue weighted by Gasteiger charge is 2.32. The maximum Gasteiger partial charge on any atom is 0.101 e. The van der Waals surface area contributed by atoms with E-state index < -0.39 is 0 Å². The van der Waals surface area contributed by atoms with Gasteiger partial charge in [-0.2, -0.15) is 5.26 Å². The summed E-state index contributed by atoms with van der Waals surface area (Å²) in [6, 6.07) is 7.85. The molecule has 1 saturated heterocycles. The van der Waals surface area contributed by atoms with Crippen LogP contribution in [0.3, 0.4) is 0 Å². The molecule has 0 saturated carbocycles. The van der Waals surface area contributed by atoms with Crippen LogP contribution >= 0.6 is 11.6 Å². The molecule has 0 N–H and O–H groups in total. The smallest absolute Gasteiger partial charge is 0.101 e. The average molecular weight is 281 g/mol. The van der Waals surface area contributed by atoms with Crippen molar-refractivity contribution in [2.45, 2.75) is 18.6 Å². The number of rotatable bonds is 4. The van der Waals surface area contributed by atoms with Gasteiger partial charge in [-0.15, -0.1) is 0 Å². The molecule has 1 aromatic rings. The van der Waals surface area contributed by atoms with Crippen LogP contribution in [-0.4, -0.2) is 39.5 Å². The number of hydrogen-bond acceptors (Lipinski definition) is 4. The van der Waals surface area contributed by atoms with E-state index in [1.54, 1.807) is 20.3 Å². The normalized spacial score (nSPS) is 22.5. The Labute approximate surface area is 118 Å². The van der Waals surface area contributed by atoms with Gasteiger partial charge in [-0.05, 0) is 24.6 Å². The van der Waals surface area contributed by atoms with Gasteiger partial charge in [0.1, 0.15) is 6.07 Å². The fourth-order valence-corrected chi connectivity index (χ4v) is 2.70. The molecule has 4 nitrogen and oxygen atoms in total. The monoisotopic (exact) mass is 280 g/mol. The van der Waals surface area contributed by atoms with Crippen molar-refractivity contribution in [3.05, 3.63) is 28.8 Å². The van der Waals surface area contributed by atoms with Gasteiger partial charge in [0, 0.05) is 26.5 Å². The highest BCUT2D eigenvalue weighted by atomic mass is 35.5. The van der Waals surface area contributed by atoms with Crippen molar-refractivity contribution < 1.29 is 9.47 Å². The predicted octanol–water partition coefficient (Wildman–Crippen LogP) is 2.45. The Balaban J connectivity index is 2.24. The minimum atomic E-state index is 0.203. The van der Waals surface area contributed by atoms with Crippen LogP contribution in [0, 0.1) is 11.3 Å². The highest BCUT2D eigenvalue weighted by Crippen LogP contribution is 2.30. The number of hydrogen-bond donors (Lipinski definition) is 0. The van der Waals surface area contributed by atoms with Crippen molar-refractivity contribution in [2.75, 3.05) is 32.3 Å². The summed E-state index contributed by atoms with van der Waals surface area (Å²) in [5.41, 5.74) is 1.50. The third kappa shape index (κ3) is 3.01. The van der Waals surface area contributed by atoms with E-state index in [9.17, 15) is 0 Å². The lowest BCUT2D eigenvalue weighted by Crippen LogP contribution is -2.33. The Hall–Kier alpha value is -1.28. The lowest BCUT2D eigenvalue weighted by Gasteiger charge is -2.26. The first kappa shape index (κ1) is 14.1. The molecule has 2 rings (SSSR count). The van der Waals surface area contributed by atoms with Gasteiger partial charge in [0.25, 0.3) is 0 Å². The van der Waals surface area contributed by atoms with E-state index in [0.29, 0.717) is 17.2 Å². The van der Waals surface area contributed by atoms with Crippen molar-refractivity contribution in [1.82, 2.24) is 0 Å². The summed E-state index contributed by atoms with van der Waals surface area (Å²) < 4.78 is 10.7. The summed E-state index contributed by atoms with van der Waals surface area (Å²) in [6.45, 7) is 1.46. The molecule has 0 aromatic heterocycles. The van der Waals surface area contributed by atoms with Gasteiger partial charge < -0.3 is 14.4 Å². The molecule has 1 fully saturated rings. The van der Waals surface area contributed by atoms with Crippen LogP contribution in [0.2, 0.25) is 5.02 Å². The van der Waals surface area contributed by atoms with Crippen molar-refractivity contribution in [3.8, 4) is 6.07 Å². The summed E-state index contributed by atoms with van der Waals surface area (Å²) in [7, 11) is 3.42. The zero-order chi connectivity index (χ0) is 13.8. The summed E-state index contributed by atoms with van der Waals surface area (Å²) >= 11 is 6.09. The van der Waals surface area contributed by atoms with Crippen LogP contribution in [0.15, 0.2) is 18.2 Å². The van der Waals surface area contributed by atoms with Crippen LogP contribution in [0.5, 0.6) is 0 Å². The second kappa shape index (κ2) is 6.25. The number of nitrogens with zero attached hydrogens (tertiary/aromatic N) is 2. The molecule has 1 aliphatic rings. The Kier molecular flexibility index (Phi) is 4.65. The molecule has 19 heavy (non-hydrogen) atoms. The second-order valence-electron chi connectivity index (χ2n) is 4.63. The third-order valence-corrected chi connectivity index (χ3v) is 3.79. The Morgan fingerprint density at radius 2 is 2.26 bits per heavy atom. The lowest BCUT2D eigenvalue weighted by atomic mass is 10.2. The summed E-state index contributed by atoms with van der Waals surface area (Å²) in [5.74, 6) is 0. The van der Waals surface area contributed by atoms with E-state index in [1.165, 1.54) is 0 Å². The van der Waals surface area contributed by atoms with Gasteiger partial charge in [0.15, 0.2) is 0 Å². The van der Waals surface area contributed by atoms with Crippen LogP contribution in [0.4, 0.5) is 5.69 Å². The molecule has 1 aliphatic heterocycles. The molecule has 0 spiro atoms. The molecule has 0 aliphatic carbocycles. The number of ether oxygens (including phenoxy) is 2. The number of methoxy groups -OCH3 is 2. The predicted molar refractivity (Wildman–Crippen MR) is 74.6 cm³/mol. The van der Waals surface area contributed by atoms with Crippen molar-refractivity contribution in [3.63, 3.8) is 0 Å². The first-order chi connectivity index (χ1) is 9.19. The average Bonchev–Trinajstić information content (AvgIpc) is 2.82. The topological polar surface area (TPSA) is 45.5 Å². The molecule has 0 radical (unpaired) electrons. The zero-order valence-corrected chi connectivity index (χ0v) is 11.9. The number of anilines is 1. The Morgan fingerprint density at radius 3 is 2.84 bits per heavy atom. The van der Waals surface area contributed by atoms with Gasteiger partial charge in [-0.25, -0.2) is 0 Å². The van der Waals surface area contributed by atoms with E-state index in [2.05, 4.69) is 11.0 Å². The quantitative estimate of drug-likeness (QED) is 0.850. The highest BCUT2D eigenvalue weighted by molar-refractivity contribution is 6.32. The minimum absolute atomic E-state index is 0.203. The zero-order valence-electron chi connectivity index (χ0n) is 11.1. The number of nitriles is 1. The van der Waals surface area contributed by atoms with Gasteiger partial charge in [-0.1, -0.05) is 11.6 Å². The fourth-order valence-electron chi connectivity index (χ4n) is 2.48. The summed E-state index contributed by atoms with van der Waals surface area (Å²) in [5, 5.41) is 9.39. The first-order valence-electron chi connectivity index (χ1n) is 6.17. The Morgan fingerprint density at radius 1 is 1.47 bits per heavy atom. The maximum atomic E-state index is 8.90. The SMILES string of the molecule is COC[C@@H]1C[C@@H](OC)CN1c1ccc(C#N)c(Cl)c1. The molecule has 5 heteroatoms. The Bertz CT molecular complexity index is 487. The molecule has 2 atom stereocenters. The fraction of sp³-hybridized carbons (Fsp3) is 0.500. The standard InChI is InChI=1S/C14H17ClN2O2/c1-18-9-12-5-13(19-2)8-17(12)11-4-3-10(7-16)14(15)6-11/h3-4,6,12-13H,5,8-9H2,1-2H3/t12-,13+/m0/s1. The summed E-state index contributed by atoms with van der Waals surface area (Å²) in [4.78, 5) is 2.23. The number of halogens is 1. The van der Waals surface area contributed by atoms with Gasteiger partial charge in [0.2, 0.25) is 0 Å². The minimum Gasteiger partial charge on any atom is -0.383 e. The van der Waals surface area contributed by atoms with Crippen molar-refractivity contribution in [1.29, 1.82) is 5.26 Å². The van der Waals surface area contributed by atoms with Gasteiger partial charge in [-0.3, -0.25) is 0 Å². The number of benzene rings is 1. The van der Waals surface area contributed by atoms with Crippen molar-refractivity contribution >= 4 is 17.3 Å². The van der Waals surface area contributed by atoms with Crippen LogP contribution < -0.4 is 4.90 Å². The van der Waals surface area contributed by atoms with E-state index in [1.807, 2.05) is 12.1 Å². The molecule has 0 amide bonds. The van der Waals surface area contributed by atoms with E-state index >= 15 is 0 Å². The van der Waals surface area contributed by atoms with E-state index in [0.717, 1.165) is 18.7 Å².